The minimum atomic E-state index is -0.872. The van der Waals surface area contributed by atoms with Gasteiger partial charge in [-0.1, -0.05) is 19.8 Å². The van der Waals surface area contributed by atoms with E-state index in [2.05, 4.69) is 12.2 Å². The SMILES string of the molecule is CC1CCC(NCC2(F)CCCC2)CC1. The molecule has 2 rings (SSSR count). The zero-order chi connectivity index (χ0) is 10.7. The van der Waals surface area contributed by atoms with Gasteiger partial charge in [-0.05, 0) is 44.4 Å². The van der Waals surface area contributed by atoms with E-state index in [0.29, 0.717) is 12.6 Å². The van der Waals surface area contributed by atoms with E-state index in [9.17, 15) is 4.39 Å². The molecule has 0 aromatic rings. The van der Waals surface area contributed by atoms with E-state index >= 15 is 0 Å². The molecule has 0 radical (unpaired) electrons. The van der Waals surface area contributed by atoms with Crippen molar-refractivity contribution in [2.45, 2.75) is 70.0 Å². The molecule has 0 bridgehead atoms. The number of nitrogens with one attached hydrogen (secondary N) is 1. The highest BCUT2D eigenvalue weighted by Crippen LogP contribution is 2.33. The molecule has 2 aliphatic carbocycles. The fourth-order valence-electron chi connectivity index (χ4n) is 2.98. The summed E-state index contributed by atoms with van der Waals surface area (Å²) in [5, 5.41) is 3.45. The van der Waals surface area contributed by atoms with Crippen molar-refractivity contribution in [2.75, 3.05) is 6.54 Å². The Hall–Kier alpha value is -0.110. The average Bonchev–Trinajstić information content (AvgIpc) is 2.65. The van der Waals surface area contributed by atoms with Crippen LogP contribution in [0.1, 0.15) is 58.3 Å². The second kappa shape index (κ2) is 4.82. The van der Waals surface area contributed by atoms with E-state index in [0.717, 1.165) is 31.6 Å². The molecule has 0 unspecified atom stereocenters. The summed E-state index contributed by atoms with van der Waals surface area (Å²) in [6.07, 6.45) is 8.86. The molecule has 2 saturated carbocycles. The van der Waals surface area contributed by atoms with Gasteiger partial charge < -0.3 is 5.32 Å². The van der Waals surface area contributed by atoms with E-state index in [1.165, 1.54) is 25.7 Å². The summed E-state index contributed by atoms with van der Waals surface area (Å²) in [5.41, 5.74) is -0.872. The van der Waals surface area contributed by atoms with Gasteiger partial charge in [-0.3, -0.25) is 0 Å². The lowest BCUT2D eigenvalue weighted by Gasteiger charge is -2.29. The molecule has 0 amide bonds. The lowest BCUT2D eigenvalue weighted by molar-refractivity contribution is 0.154. The predicted octanol–water partition coefficient (Wildman–Crippen LogP) is 3.44. The van der Waals surface area contributed by atoms with Gasteiger partial charge in [-0.15, -0.1) is 0 Å². The van der Waals surface area contributed by atoms with Crippen molar-refractivity contribution in [1.82, 2.24) is 5.32 Å². The minimum Gasteiger partial charge on any atom is -0.311 e. The molecule has 2 heteroatoms. The Morgan fingerprint density at radius 3 is 2.33 bits per heavy atom. The first kappa shape index (κ1) is 11.4. The van der Waals surface area contributed by atoms with Crippen LogP contribution in [0, 0.1) is 5.92 Å². The number of alkyl halides is 1. The Morgan fingerprint density at radius 1 is 1.13 bits per heavy atom. The Balaban J connectivity index is 1.69. The molecule has 1 N–H and O–H groups in total. The molecule has 0 heterocycles. The number of hydrogen-bond donors (Lipinski definition) is 1. The summed E-state index contributed by atoms with van der Waals surface area (Å²) < 4.78 is 14.1. The third-order valence-electron chi connectivity index (χ3n) is 4.22. The smallest absolute Gasteiger partial charge is 0.123 e. The van der Waals surface area contributed by atoms with Crippen LogP contribution in [0.4, 0.5) is 4.39 Å². The molecule has 0 aliphatic heterocycles. The van der Waals surface area contributed by atoms with E-state index in [1.807, 2.05) is 0 Å². The molecule has 15 heavy (non-hydrogen) atoms. The van der Waals surface area contributed by atoms with Gasteiger partial charge in [0.1, 0.15) is 5.67 Å². The second-order valence-electron chi connectivity index (χ2n) is 5.70. The number of hydrogen-bond acceptors (Lipinski definition) is 1. The van der Waals surface area contributed by atoms with Crippen LogP contribution in [0.2, 0.25) is 0 Å². The summed E-state index contributed by atoms with van der Waals surface area (Å²) in [6.45, 7) is 2.93. The van der Waals surface area contributed by atoms with E-state index in [4.69, 9.17) is 0 Å². The molecule has 0 aromatic carbocycles. The van der Waals surface area contributed by atoms with Crippen molar-refractivity contribution >= 4 is 0 Å². The lowest BCUT2D eigenvalue weighted by Crippen LogP contribution is -2.41. The molecular weight excluding hydrogens is 189 g/mol. The van der Waals surface area contributed by atoms with Crippen LogP contribution in [-0.2, 0) is 0 Å². The van der Waals surface area contributed by atoms with Gasteiger partial charge in [0.2, 0.25) is 0 Å². The lowest BCUT2D eigenvalue weighted by atomic mass is 9.87. The van der Waals surface area contributed by atoms with E-state index in [1.54, 1.807) is 0 Å². The van der Waals surface area contributed by atoms with Crippen molar-refractivity contribution in [2.24, 2.45) is 5.92 Å². The van der Waals surface area contributed by atoms with Gasteiger partial charge in [0.05, 0.1) is 0 Å². The van der Waals surface area contributed by atoms with Crippen molar-refractivity contribution in [1.29, 1.82) is 0 Å². The predicted molar refractivity (Wildman–Crippen MR) is 61.7 cm³/mol. The Kier molecular flexibility index (Phi) is 3.65. The van der Waals surface area contributed by atoms with Gasteiger partial charge >= 0.3 is 0 Å². The summed E-state index contributed by atoms with van der Waals surface area (Å²) in [4.78, 5) is 0. The maximum Gasteiger partial charge on any atom is 0.123 e. The standard InChI is InChI=1S/C13H24FN/c1-11-4-6-12(7-5-11)15-10-13(14)8-2-3-9-13/h11-12,15H,2-10H2,1H3. The number of rotatable bonds is 3. The highest BCUT2D eigenvalue weighted by Gasteiger charge is 2.34. The monoisotopic (exact) mass is 213 g/mol. The van der Waals surface area contributed by atoms with Crippen LogP contribution in [0.5, 0.6) is 0 Å². The van der Waals surface area contributed by atoms with Crippen molar-refractivity contribution in [3.63, 3.8) is 0 Å². The van der Waals surface area contributed by atoms with Gasteiger partial charge in [-0.25, -0.2) is 4.39 Å². The summed E-state index contributed by atoms with van der Waals surface area (Å²) in [6, 6.07) is 0.592. The molecule has 2 aliphatic rings. The summed E-state index contributed by atoms with van der Waals surface area (Å²) >= 11 is 0. The minimum absolute atomic E-state index is 0.592. The second-order valence-corrected chi connectivity index (χ2v) is 5.70. The first-order chi connectivity index (χ1) is 7.18. The third-order valence-corrected chi connectivity index (χ3v) is 4.22. The van der Waals surface area contributed by atoms with Crippen LogP contribution >= 0.6 is 0 Å². The van der Waals surface area contributed by atoms with E-state index < -0.39 is 5.67 Å². The Bertz CT molecular complexity index is 191. The third kappa shape index (κ3) is 3.17. The maximum absolute atomic E-state index is 14.1. The van der Waals surface area contributed by atoms with Crippen LogP contribution in [0.25, 0.3) is 0 Å². The van der Waals surface area contributed by atoms with Gasteiger partial charge in [-0.2, -0.15) is 0 Å². The van der Waals surface area contributed by atoms with Crippen LogP contribution in [-0.4, -0.2) is 18.3 Å². The fourth-order valence-corrected chi connectivity index (χ4v) is 2.98. The Morgan fingerprint density at radius 2 is 1.73 bits per heavy atom. The quantitative estimate of drug-likeness (QED) is 0.757. The first-order valence-electron chi connectivity index (χ1n) is 6.60. The van der Waals surface area contributed by atoms with Crippen molar-refractivity contribution in [3.05, 3.63) is 0 Å². The largest absolute Gasteiger partial charge is 0.311 e. The highest BCUT2D eigenvalue weighted by molar-refractivity contribution is 4.88. The zero-order valence-corrected chi connectivity index (χ0v) is 9.90. The zero-order valence-electron chi connectivity index (χ0n) is 9.90. The highest BCUT2D eigenvalue weighted by atomic mass is 19.1. The van der Waals surface area contributed by atoms with Gasteiger partial charge in [0, 0.05) is 12.6 Å². The summed E-state index contributed by atoms with van der Waals surface area (Å²) in [7, 11) is 0. The summed E-state index contributed by atoms with van der Waals surface area (Å²) in [5.74, 6) is 0.883. The molecule has 0 aromatic heterocycles. The molecule has 0 atom stereocenters. The number of halogens is 1. The fraction of sp³-hybridized carbons (Fsp3) is 1.00. The van der Waals surface area contributed by atoms with Gasteiger partial charge in [0.15, 0.2) is 0 Å². The Labute approximate surface area is 92.8 Å². The van der Waals surface area contributed by atoms with Crippen molar-refractivity contribution in [3.8, 4) is 0 Å². The molecule has 1 nitrogen and oxygen atoms in total. The van der Waals surface area contributed by atoms with Gasteiger partial charge in [0.25, 0.3) is 0 Å². The van der Waals surface area contributed by atoms with Crippen LogP contribution in [0.3, 0.4) is 0 Å². The average molecular weight is 213 g/mol. The maximum atomic E-state index is 14.1. The normalized spacial score (nSPS) is 35.6. The molecular formula is C13H24FN. The first-order valence-corrected chi connectivity index (χ1v) is 6.60. The topological polar surface area (TPSA) is 12.0 Å². The van der Waals surface area contributed by atoms with Crippen LogP contribution in [0.15, 0.2) is 0 Å². The van der Waals surface area contributed by atoms with Crippen LogP contribution < -0.4 is 5.32 Å². The molecule has 88 valence electrons. The molecule has 0 spiro atoms. The molecule has 0 saturated heterocycles. The molecule has 2 fully saturated rings. The van der Waals surface area contributed by atoms with E-state index in [-0.39, 0.29) is 0 Å². The van der Waals surface area contributed by atoms with Crippen molar-refractivity contribution < 1.29 is 4.39 Å².